The van der Waals surface area contributed by atoms with Crippen LogP contribution in [0.1, 0.15) is 30.0 Å². The van der Waals surface area contributed by atoms with Gasteiger partial charge < -0.3 is 10.1 Å². The van der Waals surface area contributed by atoms with Crippen molar-refractivity contribution in [2.45, 2.75) is 33.7 Å². The summed E-state index contributed by atoms with van der Waals surface area (Å²) in [5.74, 6) is 1.51. The van der Waals surface area contributed by atoms with Crippen molar-refractivity contribution < 1.29 is 4.74 Å². The first-order valence-electron chi connectivity index (χ1n) is 7.33. The van der Waals surface area contributed by atoms with Gasteiger partial charge >= 0.3 is 0 Å². The third kappa shape index (κ3) is 3.83. The molecular weight excluding hydrogens is 280 g/mol. The molecule has 1 N–H and O–H groups in total. The number of thiazole rings is 1. The van der Waals surface area contributed by atoms with Crippen LogP contribution in [0.4, 0.5) is 0 Å². The van der Waals surface area contributed by atoms with Crippen LogP contribution in [0.25, 0.3) is 10.6 Å². The highest BCUT2D eigenvalue weighted by molar-refractivity contribution is 7.15. The zero-order valence-corrected chi connectivity index (χ0v) is 14.3. The summed E-state index contributed by atoms with van der Waals surface area (Å²) >= 11 is 1.76. The van der Waals surface area contributed by atoms with Gasteiger partial charge in [0, 0.05) is 11.4 Å². The first-order valence-corrected chi connectivity index (χ1v) is 8.15. The summed E-state index contributed by atoms with van der Waals surface area (Å²) in [6, 6.07) is 6.28. The zero-order valence-electron chi connectivity index (χ0n) is 13.5. The molecule has 1 heterocycles. The van der Waals surface area contributed by atoms with Gasteiger partial charge in [-0.15, -0.1) is 11.3 Å². The molecule has 0 amide bonds. The van der Waals surface area contributed by atoms with Gasteiger partial charge in [-0.2, -0.15) is 0 Å². The van der Waals surface area contributed by atoms with E-state index in [-0.39, 0.29) is 0 Å². The van der Waals surface area contributed by atoms with Gasteiger partial charge in [0.15, 0.2) is 0 Å². The van der Waals surface area contributed by atoms with Gasteiger partial charge in [0.2, 0.25) is 0 Å². The minimum Gasteiger partial charge on any atom is -0.496 e. The predicted molar refractivity (Wildman–Crippen MR) is 90.1 cm³/mol. The van der Waals surface area contributed by atoms with E-state index in [1.165, 1.54) is 16.1 Å². The summed E-state index contributed by atoms with van der Waals surface area (Å²) in [6.45, 7) is 7.40. The van der Waals surface area contributed by atoms with Gasteiger partial charge in [-0.3, -0.25) is 0 Å². The molecule has 4 heteroatoms. The second kappa shape index (κ2) is 7.05. The van der Waals surface area contributed by atoms with E-state index in [2.05, 4.69) is 44.3 Å². The molecule has 0 fully saturated rings. The zero-order chi connectivity index (χ0) is 15.4. The van der Waals surface area contributed by atoms with Crippen molar-refractivity contribution in [1.29, 1.82) is 0 Å². The second-order valence-electron chi connectivity index (χ2n) is 5.72. The Morgan fingerprint density at radius 1 is 1.33 bits per heavy atom. The molecule has 0 aliphatic heterocycles. The summed E-state index contributed by atoms with van der Waals surface area (Å²) in [6.07, 6.45) is 1.02. The molecule has 0 saturated carbocycles. The lowest BCUT2D eigenvalue weighted by Gasteiger charge is -2.06. The minimum atomic E-state index is 0.607. The van der Waals surface area contributed by atoms with E-state index in [0.717, 1.165) is 29.3 Å². The van der Waals surface area contributed by atoms with Crippen LogP contribution in [0, 0.1) is 12.8 Å². The van der Waals surface area contributed by atoms with Crippen LogP contribution in [0.3, 0.4) is 0 Å². The van der Waals surface area contributed by atoms with Crippen molar-refractivity contribution in [1.82, 2.24) is 10.3 Å². The number of hydrogen-bond acceptors (Lipinski definition) is 4. The van der Waals surface area contributed by atoms with Crippen LogP contribution in [0.5, 0.6) is 5.75 Å². The Morgan fingerprint density at radius 3 is 2.71 bits per heavy atom. The van der Waals surface area contributed by atoms with Crippen LogP contribution in [0.2, 0.25) is 0 Å². The molecule has 114 valence electrons. The standard InChI is InChI=1S/C17H24N2OS/c1-11(2)8-14-16(10-18-4)21-17(19-14)13-7-6-12(3)9-15(13)20-5/h6-7,9,11,18H,8,10H2,1-5H3. The largest absolute Gasteiger partial charge is 0.496 e. The van der Waals surface area contributed by atoms with Crippen molar-refractivity contribution >= 4 is 11.3 Å². The first-order chi connectivity index (χ1) is 10.0. The van der Waals surface area contributed by atoms with Crippen molar-refractivity contribution in [2.24, 2.45) is 5.92 Å². The van der Waals surface area contributed by atoms with Gasteiger partial charge in [0.1, 0.15) is 10.8 Å². The average Bonchev–Trinajstić information content (AvgIpc) is 2.81. The predicted octanol–water partition coefficient (Wildman–Crippen LogP) is 4.05. The summed E-state index contributed by atoms with van der Waals surface area (Å²) < 4.78 is 5.52. The topological polar surface area (TPSA) is 34.1 Å². The van der Waals surface area contributed by atoms with Gasteiger partial charge in [0.25, 0.3) is 0 Å². The monoisotopic (exact) mass is 304 g/mol. The lowest BCUT2D eigenvalue weighted by atomic mass is 10.1. The maximum absolute atomic E-state index is 5.52. The average molecular weight is 304 g/mol. The summed E-state index contributed by atoms with van der Waals surface area (Å²) in [4.78, 5) is 6.20. The van der Waals surface area contributed by atoms with E-state index in [0.29, 0.717) is 5.92 Å². The van der Waals surface area contributed by atoms with E-state index >= 15 is 0 Å². The van der Waals surface area contributed by atoms with Crippen molar-refractivity contribution in [3.8, 4) is 16.3 Å². The molecule has 1 aromatic heterocycles. The Morgan fingerprint density at radius 2 is 2.10 bits per heavy atom. The highest BCUT2D eigenvalue weighted by Gasteiger charge is 2.16. The van der Waals surface area contributed by atoms with Crippen molar-refractivity contribution in [3.05, 3.63) is 34.3 Å². The van der Waals surface area contributed by atoms with E-state index < -0.39 is 0 Å². The molecule has 1 aromatic carbocycles. The van der Waals surface area contributed by atoms with Crippen LogP contribution in [0.15, 0.2) is 18.2 Å². The molecule has 0 atom stereocenters. The van der Waals surface area contributed by atoms with E-state index in [4.69, 9.17) is 9.72 Å². The molecule has 0 radical (unpaired) electrons. The smallest absolute Gasteiger partial charge is 0.129 e. The number of nitrogens with one attached hydrogen (secondary N) is 1. The fraction of sp³-hybridized carbons (Fsp3) is 0.471. The molecule has 2 rings (SSSR count). The van der Waals surface area contributed by atoms with Gasteiger partial charge in [-0.25, -0.2) is 4.98 Å². The molecule has 0 aliphatic rings. The summed E-state index contributed by atoms with van der Waals surface area (Å²) in [5, 5.41) is 4.29. The number of aromatic nitrogens is 1. The number of aryl methyl sites for hydroxylation is 1. The molecule has 3 nitrogen and oxygen atoms in total. The number of ether oxygens (including phenoxy) is 1. The molecule has 0 unspecified atom stereocenters. The Balaban J connectivity index is 2.44. The number of benzene rings is 1. The lowest BCUT2D eigenvalue weighted by molar-refractivity contribution is 0.416. The molecule has 21 heavy (non-hydrogen) atoms. The Labute approximate surface area is 131 Å². The molecule has 0 saturated heterocycles. The van der Waals surface area contributed by atoms with Crippen LogP contribution in [-0.2, 0) is 13.0 Å². The number of rotatable bonds is 6. The van der Waals surface area contributed by atoms with Gasteiger partial charge in [0.05, 0.1) is 18.4 Å². The number of hydrogen-bond donors (Lipinski definition) is 1. The summed E-state index contributed by atoms with van der Waals surface area (Å²) in [5.41, 5.74) is 3.49. The van der Waals surface area contributed by atoms with Crippen LogP contribution >= 0.6 is 11.3 Å². The normalized spacial score (nSPS) is 11.1. The molecule has 0 aliphatic carbocycles. The minimum absolute atomic E-state index is 0.607. The Bertz CT molecular complexity index is 605. The third-order valence-corrected chi connectivity index (χ3v) is 4.44. The number of methoxy groups -OCH3 is 1. The summed E-state index contributed by atoms with van der Waals surface area (Å²) in [7, 11) is 3.69. The molecule has 0 bridgehead atoms. The maximum atomic E-state index is 5.52. The Kier molecular flexibility index (Phi) is 5.37. The quantitative estimate of drug-likeness (QED) is 0.874. The highest BCUT2D eigenvalue weighted by Crippen LogP contribution is 2.35. The maximum Gasteiger partial charge on any atom is 0.129 e. The fourth-order valence-electron chi connectivity index (χ4n) is 2.32. The van der Waals surface area contributed by atoms with Crippen LogP contribution < -0.4 is 10.1 Å². The SMILES string of the molecule is CNCc1sc(-c2ccc(C)cc2OC)nc1CC(C)C. The lowest BCUT2D eigenvalue weighted by Crippen LogP contribution is -2.07. The van der Waals surface area contributed by atoms with Crippen molar-refractivity contribution in [2.75, 3.05) is 14.2 Å². The van der Waals surface area contributed by atoms with Crippen molar-refractivity contribution in [3.63, 3.8) is 0 Å². The van der Waals surface area contributed by atoms with Crippen LogP contribution in [-0.4, -0.2) is 19.1 Å². The molecule has 0 spiro atoms. The van der Waals surface area contributed by atoms with E-state index in [1.54, 1.807) is 18.4 Å². The highest BCUT2D eigenvalue weighted by atomic mass is 32.1. The molecule has 2 aromatic rings. The second-order valence-corrected chi connectivity index (χ2v) is 6.80. The molecular formula is C17H24N2OS. The first kappa shape index (κ1) is 16.0. The third-order valence-electron chi connectivity index (χ3n) is 3.30. The van der Waals surface area contributed by atoms with E-state index in [1.807, 2.05) is 7.05 Å². The Hall–Kier alpha value is -1.39. The fourth-order valence-corrected chi connectivity index (χ4v) is 3.45. The van der Waals surface area contributed by atoms with E-state index in [9.17, 15) is 0 Å². The van der Waals surface area contributed by atoms with Gasteiger partial charge in [-0.1, -0.05) is 19.9 Å². The number of nitrogens with zero attached hydrogens (tertiary/aromatic N) is 1. The van der Waals surface area contributed by atoms with Gasteiger partial charge in [-0.05, 0) is 44.0 Å².